The average molecular weight is 581 g/mol. The second kappa shape index (κ2) is 12.0. The Bertz CT molecular complexity index is 1500. The van der Waals surface area contributed by atoms with E-state index in [-0.39, 0.29) is 23.2 Å². The highest BCUT2D eigenvalue weighted by Gasteiger charge is 2.35. The minimum absolute atomic E-state index is 0.254. The topological polar surface area (TPSA) is 152 Å². The van der Waals surface area contributed by atoms with Gasteiger partial charge < -0.3 is 15.4 Å². The molecule has 0 aliphatic carbocycles. The van der Waals surface area contributed by atoms with Crippen LogP contribution in [0.15, 0.2) is 29.1 Å². The zero-order chi connectivity index (χ0) is 30.9. The lowest BCUT2D eigenvalue weighted by Gasteiger charge is -2.35. The quantitative estimate of drug-likeness (QED) is 0.432. The number of amides is 3. The third-order valence-corrected chi connectivity index (χ3v) is 7.77. The number of aromatic nitrogens is 2. The summed E-state index contributed by atoms with van der Waals surface area (Å²) in [5.74, 6) is -1.84. The van der Waals surface area contributed by atoms with Crippen LogP contribution in [0.4, 0.5) is 0 Å². The van der Waals surface area contributed by atoms with Gasteiger partial charge >= 0.3 is 5.97 Å². The predicted octanol–water partition coefficient (Wildman–Crippen LogP) is 1.73. The van der Waals surface area contributed by atoms with E-state index < -0.39 is 47.4 Å². The summed E-state index contributed by atoms with van der Waals surface area (Å²) in [6.07, 6.45) is 3.60. The fourth-order valence-corrected chi connectivity index (χ4v) is 5.04. The van der Waals surface area contributed by atoms with Crippen LogP contribution < -0.4 is 21.6 Å². The maximum absolute atomic E-state index is 13.3. The van der Waals surface area contributed by atoms with Crippen LogP contribution in [0.5, 0.6) is 0 Å². The number of hydrazine groups is 1. The highest BCUT2D eigenvalue weighted by Crippen LogP contribution is 2.23. The number of hydrogen-bond donors (Lipinski definition) is 3. The summed E-state index contributed by atoms with van der Waals surface area (Å²) in [5, 5.41) is 7.28. The molecule has 3 amide bonds. The molecule has 2 aliphatic rings. The highest BCUT2D eigenvalue weighted by atomic mass is 16.5. The van der Waals surface area contributed by atoms with Crippen LogP contribution in [0.2, 0.25) is 0 Å². The van der Waals surface area contributed by atoms with Gasteiger partial charge in [0.15, 0.2) is 11.9 Å². The lowest BCUT2D eigenvalue weighted by Crippen LogP contribution is -2.61. The van der Waals surface area contributed by atoms with Gasteiger partial charge in [0.1, 0.15) is 18.1 Å². The Hall–Kier alpha value is -4.06. The first-order valence-electron chi connectivity index (χ1n) is 14.3. The summed E-state index contributed by atoms with van der Waals surface area (Å²) < 4.78 is 7.08. The van der Waals surface area contributed by atoms with Crippen LogP contribution in [0.1, 0.15) is 71.9 Å². The number of rotatable bonds is 1. The third-order valence-electron chi connectivity index (χ3n) is 7.77. The van der Waals surface area contributed by atoms with Gasteiger partial charge in [0.05, 0.1) is 16.3 Å². The summed E-state index contributed by atoms with van der Waals surface area (Å²) in [7, 11) is 1.57. The molecule has 2 aliphatic heterocycles. The average Bonchev–Trinajstić information content (AvgIpc) is 2.95. The molecule has 2 aromatic rings. The van der Waals surface area contributed by atoms with E-state index in [4.69, 9.17) is 4.74 Å². The van der Waals surface area contributed by atoms with Crippen molar-refractivity contribution in [2.75, 3.05) is 6.54 Å². The monoisotopic (exact) mass is 580 g/mol. The molecule has 0 radical (unpaired) electrons. The van der Waals surface area contributed by atoms with E-state index in [1.165, 1.54) is 9.58 Å². The summed E-state index contributed by atoms with van der Waals surface area (Å²) in [6.45, 7) is 10.6. The normalized spacial score (nSPS) is 26.5. The van der Waals surface area contributed by atoms with Crippen molar-refractivity contribution in [2.45, 2.75) is 78.6 Å². The molecule has 5 bridgehead atoms. The van der Waals surface area contributed by atoms with Crippen molar-refractivity contribution < 1.29 is 23.9 Å². The Labute approximate surface area is 244 Å². The van der Waals surface area contributed by atoms with Crippen molar-refractivity contribution in [3.8, 4) is 0 Å². The standard InChI is InChI=1S/C30H40N6O6/c1-16(2)23-25(37)31-17(3)26(38)36-14-8-9-21(34-36)28(40)42-18(4)24-32-22-15-19(10-11-20(22)27(39)35(24)7)12-13-30(5,6)29(41)33-23/h10-13,15-18,21,23,34H,8-9,14H2,1-7H3,(H,31,37)(H,33,41)/b13-12+/t17-,18+,21?,23-/m0/s1. The Kier molecular flexibility index (Phi) is 8.86. The maximum atomic E-state index is 13.3. The number of benzene rings is 1. The fraction of sp³-hybridized carbons (Fsp3) is 0.533. The first-order valence-corrected chi connectivity index (χ1v) is 14.3. The van der Waals surface area contributed by atoms with Crippen molar-refractivity contribution in [3.63, 3.8) is 0 Å². The molecule has 1 aromatic heterocycles. The van der Waals surface area contributed by atoms with Crippen molar-refractivity contribution in [3.05, 3.63) is 46.0 Å². The molecule has 4 rings (SSSR count). The molecular formula is C30H40N6O6. The van der Waals surface area contributed by atoms with Crippen molar-refractivity contribution in [1.29, 1.82) is 0 Å². The number of carbonyl (C=O) groups excluding carboxylic acids is 4. The second-order valence-corrected chi connectivity index (χ2v) is 12.0. The Balaban J connectivity index is 1.77. The van der Waals surface area contributed by atoms with Gasteiger partial charge in [-0.25, -0.2) is 10.4 Å². The van der Waals surface area contributed by atoms with E-state index >= 15 is 0 Å². The molecule has 3 N–H and O–H groups in total. The summed E-state index contributed by atoms with van der Waals surface area (Å²) in [5.41, 5.74) is 2.78. The van der Waals surface area contributed by atoms with E-state index in [9.17, 15) is 24.0 Å². The Morgan fingerprint density at radius 3 is 2.48 bits per heavy atom. The lowest BCUT2D eigenvalue weighted by atomic mass is 9.89. The van der Waals surface area contributed by atoms with Crippen LogP contribution in [-0.2, 0) is 31.0 Å². The van der Waals surface area contributed by atoms with Gasteiger partial charge in [-0.1, -0.05) is 32.1 Å². The molecule has 1 unspecified atom stereocenters. The molecule has 12 heteroatoms. The van der Waals surface area contributed by atoms with Gasteiger partial charge in [-0.15, -0.1) is 0 Å². The number of esters is 1. The van der Waals surface area contributed by atoms with Crippen LogP contribution in [0, 0.1) is 11.3 Å². The van der Waals surface area contributed by atoms with Gasteiger partial charge in [0, 0.05) is 13.6 Å². The maximum Gasteiger partial charge on any atom is 0.325 e. The summed E-state index contributed by atoms with van der Waals surface area (Å²) in [4.78, 5) is 70.8. The molecular weight excluding hydrogens is 540 g/mol. The molecule has 42 heavy (non-hydrogen) atoms. The highest BCUT2D eigenvalue weighted by molar-refractivity contribution is 5.94. The number of carbonyl (C=O) groups is 4. The molecule has 12 nitrogen and oxygen atoms in total. The fourth-order valence-electron chi connectivity index (χ4n) is 5.04. The summed E-state index contributed by atoms with van der Waals surface area (Å²) in [6, 6.07) is 2.56. The summed E-state index contributed by atoms with van der Waals surface area (Å²) >= 11 is 0. The van der Waals surface area contributed by atoms with E-state index in [1.807, 2.05) is 13.8 Å². The largest absolute Gasteiger partial charge is 0.453 e. The van der Waals surface area contributed by atoms with Crippen molar-refractivity contribution >= 4 is 40.7 Å². The number of cyclic esters (lactones) is 1. The van der Waals surface area contributed by atoms with Gasteiger partial charge in [-0.3, -0.25) is 33.5 Å². The second-order valence-electron chi connectivity index (χ2n) is 12.0. The smallest absolute Gasteiger partial charge is 0.325 e. The zero-order valence-corrected chi connectivity index (χ0v) is 25.2. The van der Waals surface area contributed by atoms with Crippen LogP contribution in [0.3, 0.4) is 0 Å². The minimum atomic E-state index is -0.997. The molecule has 1 aromatic carbocycles. The first-order chi connectivity index (χ1) is 19.7. The molecule has 0 spiro atoms. The number of fused-ring (bicyclic) bond motifs is 4. The molecule has 0 saturated carbocycles. The molecule has 1 saturated heterocycles. The minimum Gasteiger partial charge on any atom is -0.453 e. The van der Waals surface area contributed by atoms with Crippen molar-refractivity contribution in [1.82, 2.24) is 30.6 Å². The van der Waals surface area contributed by atoms with Crippen LogP contribution in [-0.4, -0.2) is 62.9 Å². The number of nitrogens with one attached hydrogen (secondary N) is 3. The van der Waals surface area contributed by atoms with E-state index in [0.717, 1.165) is 0 Å². The van der Waals surface area contributed by atoms with Gasteiger partial charge in [0.2, 0.25) is 11.8 Å². The van der Waals surface area contributed by atoms with Crippen LogP contribution in [0.25, 0.3) is 17.0 Å². The van der Waals surface area contributed by atoms with Gasteiger partial charge in [-0.2, -0.15) is 0 Å². The van der Waals surface area contributed by atoms with Gasteiger partial charge in [-0.05, 0) is 64.2 Å². The molecule has 3 heterocycles. The number of hydrogen-bond acceptors (Lipinski definition) is 8. The van der Waals surface area contributed by atoms with Crippen molar-refractivity contribution in [2.24, 2.45) is 18.4 Å². The molecule has 4 atom stereocenters. The van der Waals surface area contributed by atoms with E-state index in [0.29, 0.717) is 35.9 Å². The SMILES string of the molecule is CC(C)[C@@H]1NC(=O)C(C)(C)/C=C/c2ccc3c(=O)n(C)c(nc3c2)[C@@H](C)OC(=O)C2CCCN(N2)C(=O)[C@H](C)NC1=O. The first kappa shape index (κ1) is 30.9. The molecule has 1 fully saturated rings. The van der Waals surface area contributed by atoms with Crippen LogP contribution >= 0.6 is 0 Å². The van der Waals surface area contributed by atoms with Gasteiger partial charge in [0.25, 0.3) is 11.5 Å². The van der Waals surface area contributed by atoms with E-state index in [1.54, 1.807) is 65.1 Å². The Morgan fingerprint density at radius 2 is 1.79 bits per heavy atom. The van der Waals surface area contributed by atoms with E-state index in [2.05, 4.69) is 21.0 Å². The third kappa shape index (κ3) is 6.38. The number of nitrogens with zero attached hydrogens (tertiary/aromatic N) is 3. The molecule has 226 valence electrons. The number of ether oxygens (including phenoxy) is 1. The Morgan fingerprint density at radius 1 is 1.07 bits per heavy atom. The lowest BCUT2D eigenvalue weighted by molar-refractivity contribution is -0.157. The zero-order valence-electron chi connectivity index (χ0n) is 25.2. The predicted molar refractivity (Wildman–Crippen MR) is 157 cm³/mol.